The minimum atomic E-state index is -0.264. The van der Waals surface area contributed by atoms with Gasteiger partial charge in [0.05, 0.1) is 13.2 Å². The Morgan fingerprint density at radius 1 is 0.889 bits per heavy atom. The standard InChI is InChI=1S/C8H18O2.C6H14O2/c1-7(5-9)4-8(2,3)6-10;1-3-6(2,4-7)5-8/h7,9-10H,4-6H2,1-3H3;7-8H,3-5H2,1-2H3. The van der Waals surface area contributed by atoms with Crippen molar-refractivity contribution in [3.63, 3.8) is 0 Å². The zero-order valence-electron chi connectivity index (χ0n) is 12.6. The summed E-state index contributed by atoms with van der Waals surface area (Å²) in [6, 6.07) is 0. The molecule has 4 heteroatoms. The molecular weight excluding hydrogens is 232 g/mol. The van der Waals surface area contributed by atoms with Gasteiger partial charge in [0.2, 0.25) is 0 Å². The molecule has 0 bridgehead atoms. The van der Waals surface area contributed by atoms with E-state index in [-0.39, 0.29) is 37.3 Å². The van der Waals surface area contributed by atoms with E-state index >= 15 is 0 Å². The van der Waals surface area contributed by atoms with Gasteiger partial charge < -0.3 is 20.4 Å². The van der Waals surface area contributed by atoms with Crippen molar-refractivity contribution in [2.75, 3.05) is 26.4 Å². The monoisotopic (exact) mass is 264 g/mol. The van der Waals surface area contributed by atoms with E-state index in [1.54, 1.807) is 0 Å². The summed E-state index contributed by atoms with van der Waals surface area (Å²) < 4.78 is 0. The number of hydrogen-bond donors (Lipinski definition) is 4. The van der Waals surface area contributed by atoms with E-state index in [1.165, 1.54) is 0 Å². The van der Waals surface area contributed by atoms with Gasteiger partial charge in [-0.1, -0.05) is 34.6 Å². The van der Waals surface area contributed by atoms with E-state index in [9.17, 15) is 0 Å². The topological polar surface area (TPSA) is 80.9 Å². The van der Waals surface area contributed by atoms with Crippen LogP contribution in [0.25, 0.3) is 0 Å². The number of hydrogen-bond acceptors (Lipinski definition) is 4. The van der Waals surface area contributed by atoms with Crippen LogP contribution in [0.15, 0.2) is 0 Å². The largest absolute Gasteiger partial charge is 0.396 e. The Morgan fingerprint density at radius 2 is 1.33 bits per heavy atom. The second kappa shape index (κ2) is 9.73. The molecule has 1 unspecified atom stereocenters. The van der Waals surface area contributed by atoms with Gasteiger partial charge in [-0.3, -0.25) is 0 Å². The molecule has 4 N–H and O–H groups in total. The van der Waals surface area contributed by atoms with Crippen LogP contribution in [0, 0.1) is 16.7 Å². The average Bonchev–Trinajstić information content (AvgIpc) is 2.38. The molecule has 112 valence electrons. The van der Waals surface area contributed by atoms with Crippen molar-refractivity contribution >= 4 is 0 Å². The lowest BCUT2D eigenvalue weighted by atomic mass is 9.84. The lowest BCUT2D eigenvalue weighted by molar-refractivity contribution is 0.0670. The fraction of sp³-hybridized carbons (Fsp3) is 1.00. The van der Waals surface area contributed by atoms with Crippen molar-refractivity contribution in [2.24, 2.45) is 16.7 Å². The first-order chi connectivity index (χ1) is 8.20. The van der Waals surface area contributed by atoms with Gasteiger partial charge in [-0.15, -0.1) is 0 Å². The van der Waals surface area contributed by atoms with Gasteiger partial charge in [-0.25, -0.2) is 0 Å². The fourth-order valence-electron chi connectivity index (χ4n) is 1.35. The number of aliphatic hydroxyl groups is 4. The minimum absolute atomic E-state index is 0.0395. The molecule has 0 aliphatic heterocycles. The Hall–Kier alpha value is -0.160. The summed E-state index contributed by atoms with van der Waals surface area (Å²) >= 11 is 0. The molecule has 0 fully saturated rings. The quantitative estimate of drug-likeness (QED) is 0.560. The van der Waals surface area contributed by atoms with Crippen LogP contribution in [-0.2, 0) is 0 Å². The van der Waals surface area contributed by atoms with Crippen molar-refractivity contribution in [1.29, 1.82) is 0 Å². The Bertz CT molecular complexity index is 180. The van der Waals surface area contributed by atoms with Gasteiger partial charge in [-0.2, -0.15) is 0 Å². The van der Waals surface area contributed by atoms with Gasteiger partial charge in [0.25, 0.3) is 0 Å². The summed E-state index contributed by atoms with van der Waals surface area (Å²) in [4.78, 5) is 0. The highest BCUT2D eigenvalue weighted by Gasteiger charge is 2.19. The lowest BCUT2D eigenvalue weighted by Crippen LogP contribution is -2.24. The van der Waals surface area contributed by atoms with Crippen molar-refractivity contribution in [2.45, 2.75) is 47.5 Å². The van der Waals surface area contributed by atoms with Crippen molar-refractivity contribution < 1.29 is 20.4 Å². The second-order valence-electron chi connectivity index (χ2n) is 6.29. The summed E-state index contributed by atoms with van der Waals surface area (Å²) in [7, 11) is 0. The Kier molecular flexibility index (Phi) is 10.9. The van der Waals surface area contributed by atoms with Crippen molar-refractivity contribution in [1.82, 2.24) is 0 Å². The van der Waals surface area contributed by atoms with Gasteiger partial charge in [0.1, 0.15) is 0 Å². The van der Waals surface area contributed by atoms with E-state index in [2.05, 4.69) is 0 Å². The molecule has 4 nitrogen and oxygen atoms in total. The predicted octanol–water partition coefficient (Wildman–Crippen LogP) is 1.41. The summed E-state index contributed by atoms with van der Waals surface area (Å²) in [6.45, 7) is 10.3. The summed E-state index contributed by atoms with van der Waals surface area (Å²) in [6.07, 6.45) is 1.69. The molecule has 0 saturated carbocycles. The molecule has 1 atom stereocenters. The maximum atomic E-state index is 8.86. The van der Waals surface area contributed by atoms with Gasteiger partial charge in [-0.05, 0) is 24.2 Å². The third-order valence-corrected chi connectivity index (χ3v) is 3.26. The van der Waals surface area contributed by atoms with Crippen molar-refractivity contribution in [3.05, 3.63) is 0 Å². The number of aliphatic hydroxyl groups excluding tert-OH is 4. The van der Waals surface area contributed by atoms with Crippen LogP contribution in [-0.4, -0.2) is 46.9 Å². The van der Waals surface area contributed by atoms with E-state index in [0.717, 1.165) is 12.8 Å². The van der Waals surface area contributed by atoms with E-state index < -0.39 is 0 Å². The summed E-state index contributed by atoms with van der Waals surface area (Å²) in [5, 5.41) is 34.8. The Morgan fingerprint density at radius 3 is 1.50 bits per heavy atom. The molecule has 0 amide bonds. The summed E-state index contributed by atoms with van der Waals surface area (Å²) in [5.74, 6) is 0.294. The van der Waals surface area contributed by atoms with E-state index in [0.29, 0.717) is 5.92 Å². The number of rotatable bonds is 7. The molecule has 0 aromatic rings. The Balaban J connectivity index is 0. The molecule has 0 aromatic carbocycles. The maximum absolute atomic E-state index is 8.86. The molecule has 0 aromatic heterocycles. The second-order valence-corrected chi connectivity index (χ2v) is 6.29. The highest BCUT2D eigenvalue weighted by molar-refractivity contribution is 4.69. The summed E-state index contributed by atoms with van der Waals surface area (Å²) in [5.41, 5.74) is -0.303. The molecule has 0 aliphatic carbocycles. The van der Waals surface area contributed by atoms with Gasteiger partial charge in [0.15, 0.2) is 0 Å². The maximum Gasteiger partial charge on any atom is 0.0506 e. The first-order valence-electron chi connectivity index (χ1n) is 6.63. The van der Waals surface area contributed by atoms with Crippen LogP contribution in [0.5, 0.6) is 0 Å². The average molecular weight is 264 g/mol. The molecular formula is C14H32O4. The first-order valence-corrected chi connectivity index (χ1v) is 6.63. The predicted molar refractivity (Wildman–Crippen MR) is 74.3 cm³/mol. The third-order valence-electron chi connectivity index (χ3n) is 3.26. The van der Waals surface area contributed by atoms with Crippen LogP contribution >= 0.6 is 0 Å². The van der Waals surface area contributed by atoms with Gasteiger partial charge >= 0.3 is 0 Å². The third kappa shape index (κ3) is 9.83. The van der Waals surface area contributed by atoms with Crippen LogP contribution < -0.4 is 0 Å². The van der Waals surface area contributed by atoms with Crippen LogP contribution in [0.1, 0.15) is 47.5 Å². The zero-order chi connectivity index (χ0) is 14.8. The minimum Gasteiger partial charge on any atom is -0.396 e. The van der Waals surface area contributed by atoms with Crippen LogP contribution in [0.3, 0.4) is 0 Å². The van der Waals surface area contributed by atoms with Crippen LogP contribution in [0.2, 0.25) is 0 Å². The lowest BCUT2D eigenvalue weighted by Gasteiger charge is -2.24. The van der Waals surface area contributed by atoms with E-state index in [1.807, 2.05) is 34.6 Å². The molecule has 0 heterocycles. The first kappa shape index (κ1) is 20.2. The normalized spacial score (nSPS) is 13.8. The highest BCUT2D eigenvalue weighted by Crippen LogP contribution is 2.23. The molecule has 0 spiro atoms. The zero-order valence-corrected chi connectivity index (χ0v) is 12.6. The molecule has 0 rings (SSSR count). The Labute approximate surface area is 112 Å². The smallest absolute Gasteiger partial charge is 0.0506 e. The van der Waals surface area contributed by atoms with Crippen LogP contribution in [0.4, 0.5) is 0 Å². The SMILES string of the molecule is CC(CO)CC(C)(C)CO.CCC(C)(CO)CO. The fourth-order valence-corrected chi connectivity index (χ4v) is 1.35. The van der Waals surface area contributed by atoms with Gasteiger partial charge in [0, 0.05) is 18.6 Å². The molecule has 0 aliphatic rings. The highest BCUT2D eigenvalue weighted by atomic mass is 16.3. The molecule has 18 heavy (non-hydrogen) atoms. The van der Waals surface area contributed by atoms with Crippen molar-refractivity contribution in [3.8, 4) is 0 Å². The van der Waals surface area contributed by atoms with E-state index in [4.69, 9.17) is 20.4 Å². The molecule has 0 saturated heterocycles. The molecule has 0 radical (unpaired) electrons.